The van der Waals surface area contributed by atoms with Crippen LogP contribution in [0.3, 0.4) is 0 Å². The van der Waals surface area contributed by atoms with Gasteiger partial charge in [-0.3, -0.25) is 4.79 Å². The van der Waals surface area contributed by atoms with Crippen molar-refractivity contribution in [2.45, 2.75) is 13.8 Å². The molecule has 4 heteroatoms. The van der Waals surface area contributed by atoms with E-state index in [0.717, 1.165) is 16.8 Å². The largest absolute Gasteiger partial charge is 0.376 e. The molecule has 1 amide bonds. The summed E-state index contributed by atoms with van der Waals surface area (Å²) in [5, 5.41) is 7.03. The van der Waals surface area contributed by atoms with E-state index in [-0.39, 0.29) is 12.5 Å². The summed E-state index contributed by atoms with van der Waals surface area (Å²) in [5.41, 5.74) is 6.73. The van der Waals surface area contributed by atoms with Gasteiger partial charge < -0.3 is 5.32 Å². The Kier molecular flexibility index (Phi) is 5.10. The lowest BCUT2D eigenvalue weighted by Crippen LogP contribution is -2.26. The van der Waals surface area contributed by atoms with Crippen molar-refractivity contribution in [3.05, 3.63) is 65.2 Å². The van der Waals surface area contributed by atoms with Crippen LogP contribution in [0.2, 0.25) is 0 Å². The highest BCUT2D eigenvalue weighted by Gasteiger charge is 2.01. The van der Waals surface area contributed by atoms with Crippen LogP contribution < -0.4 is 10.7 Å². The number of benzene rings is 2. The highest BCUT2D eigenvalue weighted by atomic mass is 16.2. The van der Waals surface area contributed by atoms with Crippen LogP contribution in [0.1, 0.15) is 16.7 Å². The quantitative estimate of drug-likeness (QED) is 0.654. The number of carbonyl (C=O) groups is 1. The standard InChI is InChI=1S/C17H19N3O/c1-13-8-9-16(14(2)10-13)18-12-17(21)20-19-11-15-6-4-3-5-7-15/h3-11,18H,12H2,1-2H3,(H,20,21)/b19-11+. The molecule has 0 radical (unpaired) electrons. The Morgan fingerprint density at radius 2 is 1.90 bits per heavy atom. The number of hydrogen-bond donors (Lipinski definition) is 2. The molecule has 21 heavy (non-hydrogen) atoms. The molecule has 0 saturated heterocycles. The molecule has 0 aliphatic heterocycles. The zero-order chi connectivity index (χ0) is 15.1. The normalized spacial score (nSPS) is 10.6. The summed E-state index contributed by atoms with van der Waals surface area (Å²) in [6.07, 6.45) is 1.62. The van der Waals surface area contributed by atoms with Gasteiger partial charge in [-0.1, -0.05) is 48.0 Å². The van der Waals surface area contributed by atoms with E-state index in [4.69, 9.17) is 0 Å². The molecule has 0 aliphatic carbocycles. The van der Waals surface area contributed by atoms with E-state index in [2.05, 4.69) is 21.9 Å². The molecule has 2 aromatic carbocycles. The molecule has 2 N–H and O–H groups in total. The third-order valence-electron chi connectivity index (χ3n) is 3.02. The summed E-state index contributed by atoms with van der Waals surface area (Å²) in [7, 11) is 0. The lowest BCUT2D eigenvalue weighted by molar-refractivity contribution is -0.119. The number of amides is 1. The third-order valence-corrected chi connectivity index (χ3v) is 3.02. The maximum Gasteiger partial charge on any atom is 0.259 e. The Labute approximate surface area is 124 Å². The summed E-state index contributed by atoms with van der Waals surface area (Å²) >= 11 is 0. The van der Waals surface area contributed by atoms with Gasteiger partial charge in [-0.25, -0.2) is 5.43 Å². The maximum atomic E-state index is 11.7. The van der Waals surface area contributed by atoms with Crippen molar-refractivity contribution in [3.63, 3.8) is 0 Å². The molecule has 108 valence electrons. The van der Waals surface area contributed by atoms with Crippen LogP contribution in [0.25, 0.3) is 0 Å². The van der Waals surface area contributed by atoms with E-state index in [0.29, 0.717) is 0 Å². The molecule has 0 bridgehead atoms. The molecular weight excluding hydrogens is 262 g/mol. The van der Waals surface area contributed by atoms with Crippen molar-refractivity contribution in [1.82, 2.24) is 5.43 Å². The number of carbonyl (C=O) groups excluding carboxylic acids is 1. The van der Waals surface area contributed by atoms with Gasteiger partial charge in [0, 0.05) is 5.69 Å². The van der Waals surface area contributed by atoms with Crippen LogP contribution in [0.5, 0.6) is 0 Å². The summed E-state index contributed by atoms with van der Waals surface area (Å²) in [4.78, 5) is 11.7. The van der Waals surface area contributed by atoms with Crippen molar-refractivity contribution in [3.8, 4) is 0 Å². The minimum absolute atomic E-state index is 0.179. The van der Waals surface area contributed by atoms with Crippen LogP contribution in [0.4, 0.5) is 5.69 Å². The number of hydrogen-bond acceptors (Lipinski definition) is 3. The van der Waals surface area contributed by atoms with Gasteiger partial charge in [0.15, 0.2) is 0 Å². The van der Waals surface area contributed by atoms with Gasteiger partial charge in [0.1, 0.15) is 0 Å². The van der Waals surface area contributed by atoms with Gasteiger partial charge in [0.05, 0.1) is 12.8 Å². The van der Waals surface area contributed by atoms with Crippen molar-refractivity contribution in [1.29, 1.82) is 0 Å². The maximum absolute atomic E-state index is 11.7. The second-order valence-electron chi connectivity index (χ2n) is 4.88. The van der Waals surface area contributed by atoms with E-state index in [1.54, 1.807) is 6.21 Å². The second kappa shape index (κ2) is 7.24. The van der Waals surface area contributed by atoms with E-state index >= 15 is 0 Å². The van der Waals surface area contributed by atoms with Gasteiger partial charge in [-0.2, -0.15) is 5.10 Å². The molecule has 0 spiro atoms. The third kappa shape index (κ3) is 4.76. The lowest BCUT2D eigenvalue weighted by Gasteiger charge is -2.09. The number of hydrazone groups is 1. The first-order chi connectivity index (χ1) is 10.1. The molecule has 0 fully saturated rings. The number of nitrogens with one attached hydrogen (secondary N) is 2. The zero-order valence-corrected chi connectivity index (χ0v) is 12.3. The van der Waals surface area contributed by atoms with Crippen LogP contribution in [-0.4, -0.2) is 18.7 Å². The first-order valence-corrected chi connectivity index (χ1v) is 6.83. The molecule has 4 nitrogen and oxygen atoms in total. The second-order valence-corrected chi connectivity index (χ2v) is 4.88. The molecule has 2 rings (SSSR count). The van der Waals surface area contributed by atoms with Crippen LogP contribution >= 0.6 is 0 Å². The van der Waals surface area contributed by atoms with Gasteiger partial charge in [-0.05, 0) is 31.0 Å². The van der Waals surface area contributed by atoms with Crippen molar-refractivity contribution in [2.24, 2.45) is 5.10 Å². The molecular formula is C17H19N3O. The fourth-order valence-electron chi connectivity index (χ4n) is 1.94. The van der Waals surface area contributed by atoms with Crippen LogP contribution in [0, 0.1) is 13.8 Å². The number of rotatable bonds is 5. The van der Waals surface area contributed by atoms with Crippen LogP contribution in [0.15, 0.2) is 53.6 Å². The molecule has 0 saturated carbocycles. The number of aryl methyl sites for hydroxylation is 2. The first kappa shape index (κ1) is 14.8. The Bertz CT molecular complexity index is 636. The average Bonchev–Trinajstić information content (AvgIpc) is 2.47. The Hall–Kier alpha value is -2.62. The molecule has 0 heterocycles. The van der Waals surface area contributed by atoms with Crippen molar-refractivity contribution >= 4 is 17.8 Å². The molecule has 0 aromatic heterocycles. The van der Waals surface area contributed by atoms with E-state index in [1.807, 2.05) is 56.3 Å². The highest BCUT2D eigenvalue weighted by Crippen LogP contribution is 2.15. The van der Waals surface area contributed by atoms with Crippen molar-refractivity contribution in [2.75, 3.05) is 11.9 Å². The highest BCUT2D eigenvalue weighted by molar-refractivity contribution is 5.84. The number of anilines is 1. The van der Waals surface area contributed by atoms with Crippen molar-refractivity contribution < 1.29 is 4.79 Å². The SMILES string of the molecule is Cc1ccc(NCC(=O)N/N=C/c2ccccc2)c(C)c1. The van der Waals surface area contributed by atoms with E-state index in [9.17, 15) is 4.79 Å². The topological polar surface area (TPSA) is 53.5 Å². The average molecular weight is 281 g/mol. The van der Waals surface area contributed by atoms with Gasteiger partial charge in [0.25, 0.3) is 5.91 Å². The summed E-state index contributed by atoms with van der Waals surface area (Å²) in [6.45, 7) is 4.25. The predicted octanol–water partition coefficient (Wildman–Crippen LogP) is 2.87. The van der Waals surface area contributed by atoms with E-state index in [1.165, 1.54) is 5.56 Å². The van der Waals surface area contributed by atoms with Gasteiger partial charge in [-0.15, -0.1) is 0 Å². The molecule has 0 unspecified atom stereocenters. The Morgan fingerprint density at radius 3 is 2.62 bits per heavy atom. The van der Waals surface area contributed by atoms with Gasteiger partial charge in [0.2, 0.25) is 0 Å². The lowest BCUT2D eigenvalue weighted by atomic mass is 10.1. The monoisotopic (exact) mass is 281 g/mol. The zero-order valence-electron chi connectivity index (χ0n) is 12.3. The fraction of sp³-hybridized carbons (Fsp3) is 0.176. The first-order valence-electron chi connectivity index (χ1n) is 6.83. The number of nitrogens with zero attached hydrogens (tertiary/aromatic N) is 1. The summed E-state index contributed by atoms with van der Waals surface area (Å²) < 4.78 is 0. The summed E-state index contributed by atoms with van der Waals surface area (Å²) in [5.74, 6) is -0.179. The van der Waals surface area contributed by atoms with E-state index < -0.39 is 0 Å². The minimum Gasteiger partial charge on any atom is -0.376 e. The fourth-order valence-corrected chi connectivity index (χ4v) is 1.94. The summed E-state index contributed by atoms with van der Waals surface area (Å²) in [6, 6.07) is 15.7. The molecule has 0 aliphatic rings. The molecule has 2 aromatic rings. The van der Waals surface area contributed by atoms with Crippen LogP contribution in [-0.2, 0) is 4.79 Å². The Balaban J connectivity index is 1.81. The van der Waals surface area contributed by atoms with Gasteiger partial charge >= 0.3 is 0 Å². The molecule has 0 atom stereocenters. The predicted molar refractivity (Wildman–Crippen MR) is 86.6 cm³/mol. The smallest absolute Gasteiger partial charge is 0.259 e. The Morgan fingerprint density at radius 1 is 1.14 bits per heavy atom. The minimum atomic E-state index is -0.179.